The highest BCUT2D eigenvalue weighted by molar-refractivity contribution is 7.52. The molecule has 0 spiro atoms. The lowest BCUT2D eigenvalue weighted by atomic mass is 9.98. The molecule has 0 radical (unpaired) electrons. The van der Waals surface area contributed by atoms with Gasteiger partial charge < -0.3 is 19.7 Å². The molecule has 3 aromatic rings. The first kappa shape index (κ1) is 43.1. The van der Waals surface area contributed by atoms with Gasteiger partial charge in [-0.3, -0.25) is 23.7 Å². The highest BCUT2D eigenvalue weighted by atomic mass is 31.2. The Morgan fingerprint density at radius 3 is 2.35 bits per heavy atom. The maximum Gasteiger partial charge on any atom is 0.458 e. The second kappa shape index (κ2) is 22.1. The van der Waals surface area contributed by atoms with Gasteiger partial charge in [0, 0.05) is 37.2 Å². The zero-order chi connectivity index (χ0) is 38.8. The number of H-pyrrole nitrogens is 1. The molecule has 1 saturated heterocycles. The number of nitrogens with one attached hydrogen (secondary N) is 3. The number of hydrogen-bond acceptors (Lipinski definition) is 8. The summed E-state index contributed by atoms with van der Waals surface area (Å²) < 4.78 is 48.2. The first-order valence-electron chi connectivity index (χ1n) is 19.5. The highest BCUT2D eigenvalue weighted by Gasteiger charge is 2.55. The fourth-order valence-corrected chi connectivity index (χ4v) is 7.84. The number of carbonyl (C=O) groups excluding carboxylic acids is 1. The molecule has 12 nitrogen and oxygen atoms in total. The third-order valence-corrected chi connectivity index (χ3v) is 11.2. The van der Waals surface area contributed by atoms with Gasteiger partial charge in [0.05, 0.1) is 6.61 Å². The van der Waals surface area contributed by atoms with Gasteiger partial charge in [-0.25, -0.2) is 18.8 Å². The number of hydrogen-bond donors (Lipinski definition) is 4. The number of aliphatic hydroxyl groups is 1. The molecule has 0 aliphatic carbocycles. The van der Waals surface area contributed by atoms with E-state index in [4.69, 9.17) is 13.8 Å². The van der Waals surface area contributed by atoms with Crippen LogP contribution in [0, 0.1) is 0 Å². The number of allylic oxidation sites excluding steroid dienone is 2. The molecule has 0 bridgehead atoms. The number of unbranched alkanes of at least 4 members (excludes halogenated alkanes) is 11. The van der Waals surface area contributed by atoms with Gasteiger partial charge in [0.15, 0.2) is 11.9 Å². The summed E-state index contributed by atoms with van der Waals surface area (Å²) in [4.78, 5) is 38.5. The maximum atomic E-state index is 15.8. The lowest BCUT2D eigenvalue weighted by Crippen LogP contribution is -2.43. The topological polar surface area (TPSA) is 161 Å². The number of aromatic amines is 1. The van der Waals surface area contributed by atoms with Crippen LogP contribution in [0.1, 0.15) is 110 Å². The van der Waals surface area contributed by atoms with E-state index >= 15 is 4.39 Å². The van der Waals surface area contributed by atoms with Crippen molar-refractivity contribution in [2.24, 2.45) is 0 Å². The smallest absolute Gasteiger partial charge is 0.413 e. The summed E-state index contributed by atoms with van der Waals surface area (Å²) in [5, 5.41) is 17.9. The molecule has 0 saturated carbocycles. The van der Waals surface area contributed by atoms with Crippen LogP contribution >= 0.6 is 7.75 Å². The third kappa shape index (κ3) is 13.3. The molecule has 1 unspecified atom stereocenters. The van der Waals surface area contributed by atoms with Crippen LogP contribution in [-0.4, -0.2) is 58.1 Å². The second-order valence-electron chi connectivity index (χ2n) is 14.1. The number of aromatic nitrogens is 2. The summed E-state index contributed by atoms with van der Waals surface area (Å²) in [5.74, 6) is 0.145. The Labute approximate surface area is 317 Å². The SMILES string of the molecule is CCCCCCCC/C=C\CCCCCCCC(=O)NCCNP(=O)(OC[C@H]1O[C@@H](n2ccc(=O)[nH]c2=O)[C@](C)(F)[C@@H]1O)Oc1cccc2ccccc12. The van der Waals surface area contributed by atoms with Crippen LogP contribution in [0.3, 0.4) is 0 Å². The van der Waals surface area contributed by atoms with Gasteiger partial charge in [-0.05, 0) is 50.5 Å². The van der Waals surface area contributed by atoms with E-state index in [0.29, 0.717) is 11.8 Å². The molecule has 298 valence electrons. The van der Waals surface area contributed by atoms with Crippen molar-refractivity contribution in [3.63, 3.8) is 0 Å². The number of alkyl halides is 1. The number of rotatable bonds is 25. The van der Waals surface area contributed by atoms with Crippen molar-refractivity contribution >= 4 is 24.4 Å². The largest absolute Gasteiger partial charge is 0.458 e. The van der Waals surface area contributed by atoms with Crippen molar-refractivity contribution in [1.29, 1.82) is 0 Å². The van der Waals surface area contributed by atoms with E-state index in [-0.39, 0.29) is 24.7 Å². The van der Waals surface area contributed by atoms with Gasteiger partial charge in [-0.15, -0.1) is 0 Å². The van der Waals surface area contributed by atoms with Crippen molar-refractivity contribution in [3.05, 3.63) is 87.7 Å². The minimum absolute atomic E-state index is 0.0183. The molecule has 4 rings (SSSR count). The van der Waals surface area contributed by atoms with Crippen LogP contribution in [0.5, 0.6) is 5.75 Å². The molecular formula is C40H58FN4O8P. The maximum absolute atomic E-state index is 15.8. The van der Waals surface area contributed by atoms with E-state index in [1.165, 1.54) is 44.9 Å². The van der Waals surface area contributed by atoms with Gasteiger partial charge >= 0.3 is 13.4 Å². The summed E-state index contributed by atoms with van der Waals surface area (Å²) in [6.45, 7) is 2.88. The Morgan fingerprint density at radius 1 is 0.963 bits per heavy atom. The molecule has 2 heterocycles. The zero-order valence-corrected chi connectivity index (χ0v) is 32.6. The minimum Gasteiger partial charge on any atom is -0.413 e. The predicted molar refractivity (Wildman–Crippen MR) is 209 cm³/mol. The number of ether oxygens (including phenoxy) is 1. The number of aliphatic hydroxyl groups excluding tert-OH is 1. The third-order valence-electron chi connectivity index (χ3n) is 9.62. The van der Waals surface area contributed by atoms with Gasteiger partial charge in [0.1, 0.15) is 18.0 Å². The highest BCUT2D eigenvalue weighted by Crippen LogP contribution is 2.48. The molecule has 2 aromatic carbocycles. The van der Waals surface area contributed by atoms with E-state index < -0.39 is 49.7 Å². The van der Waals surface area contributed by atoms with E-state index in [1.54, 1.807) is 18.2 Å². The number of benzene rings is 2. The van der Waals surface area contributed by atoms with E-state index in [0.717, 1.165) is 67.7 Å². The van der Waals surface area contributed by atoms with E-state index in [2.05, 4.69) is 29.5 Å². The van der Waals surface area contributed by atoms with Crippen LogP contribution in [0.25, 0.3) is 10.8 Å². The lowest BCUT2D eigenvalue weighted by Gasteiger charge is -2.25. The normalized spacial score (nSPS) is 21.1. The first-order valence-corrected chi connectivity index (χ1v) is 21.0. The molecule has 1 fully saturated rings. The fourth-order valence-electron chi connectivity index (χ4n) is 6.48. The van der Waals surface area contributed by atoms with Crippen molar-refractivity contribution < 1.29 is 32.6 Å². The number of halogens is 1. The van der Waals surface area contributed by atoms with Crippen molar-refractivity contribution in [1.82, 2.24) is 20.0 Å². The Hall–Kier alpha value is -3.61. The van der Waals surface area contributed by atoms with Crippen LogP contribution < -0.4 is 26.2 Å². The van der Waals surface area contributed by atoms with Crippen LogP contribution in [0.4, 0.5) is 4.39 Å². The minimum atomic E-state index is -4.22. The standard InChI is InChI=1S/C40H58FN4O8P/c1-3-4-5-6-7-8-9-10-11-12-13-14-15-16-17-25-35(46)42-27-28-43-54(50,53-33-24-20-22-31-21-18-19-23-32(31)33)51-30-34-37(48)40(2,41)38(52-34)45-29-26-36(47)44-39(45)49/h10-11,18-24,26,29,34,37-38,48H,3-9,12-17,25,27-28,30H2,1-2H3,(H,42,46)(H,43,50)(H,44,47,49)/b11-10-/t34-,37-,38-,40-,54?/m1/s1. The number of nitrogens with zero attached hydrogens (tertiary/aromatic N) is 1. The Morgan fingerprint density at radius 2 is 1.63 bits per heavy atom. The molecule has 54 heavy (non-hydrogen) atoms. The molecule has 4 N–H and O–H groups in total. The van der Waals surface area contributed by atoms with Gasteiger partial charge in [0.25, 0.3) is 5.56 Å². The summed E-state index contributed by atoms with van der Waals surface area (Å²) in [6.07, 6.45) is 16.6. The Kier molecular flexibility index (Phi) is 17.6. The van der Waals surface area contributed by atoms with Crippen LogP contribution in [0.15, 0.2) is 76.5 Å². The van der Waals surface area contributed by atoms with Crippen LogP contribution in [0.2, 0.25) is 0 Å². The predicted octanol–water partition coefficient (Wildman–Crippen LogP) is 7.62. The summed E-state index contributed by atoms with van der Waals surface area (Å²) >= 11 is 0. The Bertz CT molecular complexity index is 1790. The van der Waals surface area contributed by atoms with Gasteiger partial charge in [-0.2, -0.15) is 0 Å². The average molecular weight is 773 g/mol. The summed E-state index contributed by atoms with van der Waals surface area (Å²) in [7, 11) is -4.22. The average Bonchev–Trinajstić information content (AvgIpc) is 3.38. The number of amides is 1. The lowest BCUT2D eigenvalue weighted by molar-refractivity contribution is -0.121. The molecule has 1 aliphatic rings. The van der Waals surface area contributed by atoms with Gasteiger partial charge in [-0.1, -0.05) is 107 Å². The summed E-state index contributed by atoms with van der Waals surface area (Å²) in [6, 6.07) is 13.6. The zero-order valence-electron chi connectivity index (χ0n) is 31.7. The molecule has 14 heteroatoms. The quantitative estimate of drug-likeness (QED) is 0.0386. The van der Waals surface area contributed by atoms with Crippen molar-refractivity contribution in [3.8, 4) is 5.75 Å². The van der Waals surface area contributed by atoms with Gasteiger partial charge in [0.2, 0.25) is 5.91 Å². The summed E-state index contributed by atoms with van der Waals surface area (Å²) in [5.41, 5.74) is -4.07. The molecular weight excluding hydrogens is 714 g/mol. The number of fused-ring (bicyclic) bond motifs is 1. The molecule has 1 amide bonds. The first-order chi connectivity index (χ1) is 26.0. The second-order valence-corrected chi connectivity index (χ2v) is 15.8. The fraction of sp³-hybridized carbons (Fsp3) is 0.575. The molecule has 1 aromatic heterocycles. The van der Waals surface area contributed by atoms with E-state index in [9.17, 15) is 24.1 Å². The van der Waals surface area contributed by atoms with E-state index in [1.807, 2.05) is 29.2 Å². The molecule has 5 atom stereocenters. The Balaban J connectivity index is 1.22. The van der Waals surface area contributed by atoms with Crippen LogP contribution in [-0.2, 0) is 18.6 Å². The number of carbonyl (C=O) groups is 1. The van der Waals surface area contributed by atoms with Crippen molar-refractivity contribution in [2.45, 2.75) is 128 Å². The molecule has 1 aliphatic heterocycles. The monoisotopic (exact) mass is 772 g/mol. The van der Waals surface area contributed by atoms with Crippen molar-refractivity contribution in [2.75, 3.05) is 19.7 Å².